The lowest BCUT2D eigenvalue weighted by molar-refractivity contribution is 0.146. The van der Waals surface area contributed by atoms with Crippen LogP contribution >= 0.6 is 0 Å². The summed E-state index contributed by atoms with van der Waals surface area (Å²) in [6.07, 6.45) is 18.6. The first-order valence-corrected chi connectivity index (χ1v) is 15.6. The van der Waals surface area contributed by atoms with Gasteiger partial charge in [-0.25, -0.2) is 0 Å². The van der Waals surface area contributed by atoms with Crippen LogP contribution in [-0.4, -0.2) is 21.8 Å². The Bertz CT molecular complexity index is 688. The molecule has 0 atom stereocenters. The van der Waals surface area contributed by atoms with E-state index in [1.165, 1.54) is 93.8 Å². The first-order chi connectivity index (χ1) is 16.3. The van der Waals surface area contributed by atoms with Crippen LogP contribution in [0.3, 0.4) is 0 Å². The fourth-order valence-electron chi connectivity index (χ4n) is 5.07. The third-order valence-electron chi connectivity index (χ3n) is 7.11. The molecule has 0 amide bonds. The topological polar surface area (TPSA) is 18.5 Å². The number of rotatable bonds is 16. The van der Waals surface area contributed by atoms with Gasteiger partial charge < -0.3 is 8.85 Å². The lowest BCUT2D eigenvalue weighted by Crippen LogP contribution is -2.64. The molecule has 182 valence electrons. The lowest BCUT2D eigenvalue weighted by Gasteiger charge is -2.34. The molecule has 1 aliphatic carbocycles. The second-order valence-electron chi connectivity index (χ2n) is 9.84. The van der Waals surface area contributed by atoms with Gasteiger partial charge in [0.2, 0.25) is 0 Å². The third-order valence-corrected chi connectivity index (χ3v) is 10.5. The Labute approximate surface area is 204 Å². The molecule has 2 nitrogen and oxygen atoms in total. The first kappa shape index (κ1) is 26.2. The largest absolute Gasteiger partial charge is 0.407 e. The summed E-state index contributed by atoms with van der Waals surface area (Å²) < 4.78 is 13.8. The lowest BCUT2D eigenvalue weighted by atomic mass is 9.90. The molecule has 0 heterocycles. The van der Waals surface area contributed by atoms with Crippen LogP contribution < -0.4 is 10.4 Å². The summed E-state index contributed by atoms with van der Waals surface area (Å²) in [6.45, 7) is 3.90. The number of hydrogen-bond donors (Lipinski definition) is 0. The molecule has 33 heavy (non-hydrogen) atoms. The van der Waals surface area contributed by atoms with E-state index in [-0.39, 0.29) is 0 Å². The van der Waals surface area contributed by atoms with Crippen molar-refractivity contribution in [3.05, 3.63) is 60.7 Å². The van der Waals surface area contributed by atoms with E-state index in [1.807, 2.05) is 0 Å². The SMILES string of the molecule is CCCCCCCCCCCO[Si](OCC1CCCCC1)(c1ccccc1)c1ccccc1. The average molecular weight is 467 g/mol. The predicted molar refractivity (Wildman–Crippen MR) is 144 cm³/mol. The zero-order chi connectivity index (χ0) is 23.0. The molecular formula is C30H46O2Si. The average Bonchev–Trinajstić information content (AvgIpc) is 2.89. The van der Waals surface area contributed by atoms with E-state index in [0.717, 1.165) is 19.6 Å². The summed E-state index contributed by atoms with van der Waals surface area (Å²) in [7, 11) is -2.72. The molecule has 0 spiro atoms. The summed E-state index contributed by atoms with van der Waals surface area (Å²) in [4.78, 5) is 0. The smallest absolute Gasteiger partial charge is 0.388 e. The Balaban J connectivity index is 1.61. The van der Waals surface area contributed by atoms with Crippen molar-refractivity contribution in [1.29, 1.82) is 0 Å². The molecule has 3 heteroatoms. The van der Waals surface area contributed by atoms with Crippen molar-refractivity contribution >= 4 is 18.9 Å². The summed E-state index contributed by atoms with van der Waals surface area (Å²) in [6, 6.07) is 21.6. The molecule has 1 aliphatic rings. The molecule has 3 rings (SSSR count). The van der Waals surface area contributed by atoms with Crippen molar-refractivity contribution in [2.45, 2.75) is 96.8 Å². The minimum Gasteiger partial charge on any atom is -0.388 e. The molecule has 0 aliphatic heterocycles. The fourth-order valence-corrected chi connectivity index (χ4v) is 8.32. The van der Waals surface area contributed by atoms with Gasteiger partial charge in [0.1, 0.15) is 0 Å². The molecule has 0 saturated heterocycles. The van der Waals surface area contributed by atoms with Gasteiger partial charge in [-0.3, -0.25) is 0 Å². The van der Waals surface area contributed by atoms with Gasteiger partial charge in [0.15, 0.2) is 0 Å². The quantitative estimate of drug-likeness (QED) is 0.190. The molecule has 1 fully saturated rings. The van der Waals surface area contributed by atoms with Crippen LogP contribution in [0.25, 0.3) is 0 Å². The normalized spacial score (nSPS) is 15.1. The van der Waals surface area contributed by atoms with E-state index < -0.39 is 8.56 Å². The number of unbranched alkanes of at least 4 members (excludes halogenated alkanes) is 8. The highest BCUT2D eigenvalue weighted by molar-refractivity contribution is 6.92. The molecule has 2 aromatic rings. The minimum atomic E-state index is -2.72. The standard InChI is InChI=1S/C30H46O2Si/c1-2-3-4-5-6-7-8-9-19-26-31-33(29-22-15-11-16-23-29,30-24-17-12-18-25-30)32-27-28-20-13-10-14-21-28/h11-12,15-18,22-25,28H,2-10,13-14,19-21,26-27H2,1H3. The van der Waals surface area contributed by atoms with Crippen molar-refractivity contribution in [2.75, 3.05) is 13.2 Å². The van der Waals surface area contributed by atoms with Gasteiger partial charge in [0.25, 0.3) is 0 Å². The van der Waals surface area contributed by atoms with E-state index in [4.69, 9.17) is 8.85 Å². The van der Waals surface area contributed by atoms with Crippen molar-refractivity contribution in [1.82, 2.24) is 0 Å². The molecule has 1 saturated carbocycles. The zero-order valence-electron chi connectivity index (χ0n) is 21.0. The molecule has 0 radical (unpaired) electrons. The zero-order valence-corrected chi connectivity index (χ0v) is 22.0. The molecular weight excluding hydrogens is 420 g/mol. The first-order valence-electron chi connectivity index (χ1n) is 13.7. The van der Waals surface area contributed by atoms with Crippen LogP contribution in [0.2, 0.25) is 0 Å². The molecule has 0 bridgehead atoms. The van der Waals surface area contributed by atoms with Crippen LogP contribution in [0, 0.1) is 5.92 Å². The monoisotopic (exact) mass is 466 g/mol. The van der Waals surface area contributed by atoms with Gasteiger partial charge in [0, 0.05) is 13.2 Å². The maximum atomic E-state index is 6.94. The van der Waals surface area contributed by atoms with Crippen LogP contribution in [0.4, 0.5) is 0 Å². The van der Waals surface area contributed by atoms with Gasteiger partial charge in [0.05, 0.1) is 0 Å². The highest BCUT2D eigenvalue weighted by atomic mass is 28.4. The maximum absolute atomic E-state index is 6.94. The minimum absolute atomic E-state index is 0.675. The third kappa shape index (κ3) is 8.70. The van der Waals surface area contributed by atoms with Crippen LogP contribution in [-0.2, 0) is 8.85 Å². The van der Waals surface area contributed by atoms with Crippen LogP contribution in [0.5, 0.6) is 0 Å². The Morgan fingerprint density at radius 1 is 0.636 bits per heavy atom. The highest BCUT2D eigenvalue weighted by Crippen LogP contribution is 2.25. The molecule has 0 N–H and O–H groups in total. The van der Waals surface area contributed by atoms with E-state index in [2.05, 4.69) is 67.6 Å². The maximum Gasteiger partial charge on any atom is 0.407 e. The summed E-state index contributed by atoms with van der Waals surface area (Å²) in [5.41, 5.74) is 0. The van der Waals surface area contributed by atoms with Gasteiger partial charge in [-0.05, 0) is 35.6 Å². The van der Waals surface area contributed by atoms with E-state index >= 15 is 0 Å². The Morgan fingerprint density at radius 2 is 1.15 bits per heavy atom. The Morgan fingerprint density at radius 3 is 1.70 bits per heavy atom. The van der Waals surface area contributed by atoms with E-state index in [9.17, 15) is 0 Å². The highest BCUT2D eigenvalue weighted by Gasteiger charge is 2.43. The van der Waals surface area contributed by atoms with Gasteiger partial charge >= 0.3 is 8.56 Å². The second-order valence-corrected chi connectivity index (χ2v) is 12.8. The Kier molecular flexibility index (Phi) is 12.3. The van der Waals surface area contributed by atoms with E-state index in [0.29, 0.717) is 5.92 Å². The summed E-state index contributed by atoms with van der Waals surface area (Å²) >= 11 is 0. The van der Waals surface area contributed by atoms with Crippen molar-refractivity contribution in [2.24, 2.45) is 5.92 Å². The van der Waals surface area contributed by atoms with Crippen molar-refractivity contribution in [3.8, 4) is 0 Å². The molecule has 2 aromatic carbocycles. The van der Waals surface area contributed by atoms with Gasteiger partial charge in [-0.15, -0.1) is 0 Å². The van der Waals surface area contributed by atoms with Crippen LogP contribution in [0.1, 0.15) is 96.8 Å². The number of benzene rings is 2. The van der Waals surface area contributed by atoms with Gasteiger partial charge in [-0.2, -0.15) is 0 Å². The molecule has 0 aromatic heterocycles. The predicted octanol–water partition coefficient (Wildman–Crippen LogP) is 7.39. The summed E-state index contributed by atoms with van der Waals surface area (Å²) in [5.74, 6) is 0.675. The van der Waals surface area contributed by atoms with Crippen molar-refractivity contribution in [3.63, 3.8) is 0 Å². The van der Waals surface area contributed by atoms with Crippen LogP contribution in [0.15, 0.2) is 60.7 Å². The van der Waals surface area contributed by atoms with E-state index in [1.54, 1.807) is 0 Å². The van der Waals surface area contributed by atoms with Gasteiger partial charge in [-0.1, -0.05) is 138 Å². The number of hydrogen-bond acceptors (Lipinski definition) is 2. The second kappa shape index (κ2) is 15.5. The van der Waals surface area contributed by atoms with Crippen molar-refractivity contribution < 1.29 is 8.85 Å². The summed E-state index contributed by atoms with van der Waals surface area (Å²) in [5, 5.41) is 2.48. The molecule has 0 unspecified atom stereocenters. The fraction of sp³-hybridized carbons (Fsp3) is 0.600. The Hall–Kier alpha value is -1.42.